The molecule has 5 heteroatoms. The average molecular weight is 252 g/mol. The van der Waals surface area contributed by atoms with Crippen LogP contribution in [-0.2, 0) is 10.0 Å². The normalized spacial score (nSPS) is 11.5. The van der Waals surface area contributed by atoms with Crippen LogP contribution in [-0.4, -0.2) is 26.3 Å². The van der Waals surface area contributed by atoms with Gasteiger partial charge in [0.05, 0.1) is 11.0 Å². The summed E-state index contributed by atoms with van der Waals surface area (Å²) in [5.74, 6) is 0. The van der Waals surface area contributed by atoms with Crippen molar-refractivity contribution in [3.05, 3.63) is 29.3 Å². The maximum atomic E-state index is 12.2. The molecule has 0 amide bonds. The first-order valence-electron chi connectivity index (χ1n) is 5.30. The second-order valence-electron chi connectivity index (χ2n) is 4.00. The molecule has 1 aromatic rings. The fraction of sp³-hybridized carbons (Fsp3) is 0.417. The smallest absolute Gasteiger partial charge is 0.207 e. The van der Waals surface area contributed by atoms with E-state index in [0.717, 1.165) is 11.1 Å². The van der Waals surface area contributed by atoms with Crippen molar-refractivity contribution < 1.29 is 8.42 Å². The van der Waals surface area contributed by atoms with Gasteiger partial charge in [-0.15, -0.1) is 0 Å². The molecule has 0 aromatic heterocycles. The Morgan fingerprint density at radius 3 is 2.59 bits per heavy atom. The molecule has 0 spiro atoms. The van der Waals surface area contributed by atoms with Gasteiger partial charge in [0.15, 0.2) is 0 Å². The van der Waals surface area contributed by atoms with Crippen molar-refractivity contribution in [1.82, 2.24) is 4.31 Å². The Labute approximate surface area is 103 Å². The van der Waals surface area contributed by atoms with Crippen LogP contribution in [0, 0.1) is 25.2 Å². The fourth-order valence-corrected chi connectivity index (χ4v) is 2.96. The first kappa shape index (κ1) is 13.7. The number of rotatable bonds is 4. The molecular weight excluding hydrogens is 236 g/mol. The summed E-state index contributed by atoms with van der Waals surface area (Å²) in [5, 5.41) is 8.48. The molecule has 1 aromatic carbocycles. The Hall–Kier alpha value is -1.38. The van der Waals surface area contributed by atoms with Gasteiger partial charge in [0.2, 0.25) is 10.0 Å². The van der Waals surface area contributed by atoms with Crippen LogP contribution in [0.4, 0.5) is 0 Å². The molecule has 0 fully saturated rings. The highest BCUT2D eigenvalue weighted by molar-refractivity contribution is 7.89. The summed E-state index contributed by atoms with van der Waals surface area (Å²) in [6.07, 6.45) is 0.195. The summed E-state index contributed by atoms with van der Waals surface area (Å²) >= 11 is 0. The van der Waals surface area contributed by atoms with Gasteiger partial charge in [0, 0.05) is 20.0 Å². The van der Waals surface area contributed by atoms with E-state index in [-0.39, 0.29) is 13.0 Å². The molecule has 0 heterocycles. The Kier molecular flexibility index (Phi) is 4.27. The quantitative estimate of drug-likeness (QED) is 0.821. The summed E-state index contributed by atoms with van der Waals surface area (Å²) in [5.41, 5.74) is 1.63. The van der Waals surface area contributed by atoms with Gasteiger partial charge < -0.3 is 0 Å². The molecule has 1 rings (SSSR count). The van der Waals surface area contributed by atoms with Gasteiger partial charge >= 0.3 is 0 Å². The van der Waals surface area contributed by atoms with Gasteiger partial charge in [-0.25, -0.2) is 8.42 Å². The van der Waals surface area contributed by atoms with Crippen LogP contribution >= 0.6 is 0 Å². The van der Waals surface area contributed by atoms with Crippen molar-refractivity contribution in [2.75, 3.05) is 13.6 Å². The summed E-state index contributed by atoms with van der Waals surface area (Å²) in [6, 6.07) is 7.27. The molecule has 0 atom stereocenters. The summed E-state index contributed by atoms with van der Waals surface area (Å²) < 4.78 is 25.7. The van der Waals surface area contributed by atoms with Crippen LogP contribution < -0.4 is 0 Å². The Balaban J connectivity index is 3.13. The van der Waals surface area contributed by atoms with E-state index in [4.69, 9.17) is 5.26 Å². The zero-order valence-corrected chi connectivity index (χ0v) is 11.1. The summed E-state index contributed by atoms with van der Waals surface area (Å²) in [7, 11) is -1.99. The molecule has 4 nitrogen and oxygen atoms in total. The molecule has 17 heavy (non-hydrogen) atoms. The third kappa shape index (κ3) is 3.05. The van der Waals surface area contributed by atoms with Gasteiger partial charge in [-0.05, 0) is 31.0 Å². The summed E-state index contributed by atoms with van der Waals surface area (Å²) in [6.45, 7) is 3.84. The first-order valence-corrected chi connectivity index (χ1v) is 6.74. The van der Waals surface area contributed by atoms with Crippen molar-refractivity contribution in [1.29, 1.82) is 5.26 Å². The highest BCUT2D eigenvalue weighted by Crippen LogP contribution is 2.20. The predicted molar refractivity (Wildman–Crippen MR) is 66.0 cm³/mol. The minimum Gasteiger partial charge on any atom is -0.207 e. The van der Waals surface area contributed by atoms with Crippen LogP contribution in [0.25, 0.3) is 0 Å². The zero-order chi connectivity index (χ0) is 13.1. The SMILES string of the molecule is Cc1ccc(C)c(S(=O)(=O)N(C)CCC#N)c1. The number of nitriles is 1. The van der Waals surface area contributed by atoms with E-state index in [2.05, 4.69) is 0 Å². The number of nitrogens with zero attached hydrogens (tertiary/aromatic N) is 2. The molecule has 0 bridgehead atoms. The second kappa shape index (κ2) is 5.30. The summed E-state index contributed by atoms with van der Waals surface area (Å²) in [4.78, 5) is 0.318. The van der Waals surface area contributed by atoms with Crippen molar-refractivity contribution in [2.24, 2.45) is 0 Å². The van der Waals surface area contributed by atoms with E-state index in [1.54, 1.807) is 19.1 Å². The highest BCUT2D eigenvalue weighted by Gasteiger charge is 2.22. The molecule has 0 saturated carbocycles. The molecule has 0 unspecified atom stereocenters. The number of hydrogen-bond donors (Lipinski definition) is 0. The van der Waals surface area contributed by atoms with Crippen LogP contribution in [0.15, 0.2) is 23.1 Å². The topological polar surface area (TPSA) is 61.2 Å². The van der Waals surface area contributed by atoms with E-state index in [9.17, 15) is 8.42 Å². The van der Waals surface area contributed by atoms with Gasteiger partial charge in [-0.1, -0.05) is 12.1 Å². The fourth-order valence-electron chi connectivity index (χ4n) is 1.48. The largest absolute Gasteiger partial charge is 0.243 e. The van der Waals surface area contributed by atoms with Crippen molar-refractivity contribution in [2.45, 2.75) is 25.2 Å². The van der Waals surface area contributed by atoms with Gasteiger partial charge in [-0.3, -0.25) is 0 Å². The molecule has 0 aliphatic heterocycles. The van der Waals surface area contributed by atoms with E-state index in [0.29, 0.717) is 4.90 Å². The van der Waals surface area contributed by atoms with Crippen LogP contribution in [0.5, 0.6) is 0 Å². The number of benzene rings is 1. The molecular formula is C12H16N2O2S. The zero-order valence-electron chi connectivity index (χ0n) is 10.3. The lowest BCUT2D eigenvalue weighted by molar-refractivity contribution is 0.476. The van der Waals surface area contributed by atoms with Crippen molar-refractivity contribution in [3.63, 3.8) is 0 Å². The number of hydrogen-bond acceptors (Lipinski definition) is 3. The van der Waals surface area contributed by atoms with E-state index >= 15 is 0 Å². The molecule has 0 N–H and O–H groups in total. The van der Waals surface area contributed by atoms with Crippen molar-refractivity contribution >= 4 is 10.0 Å². The molecule has 0 aliphatic carbocycles. The molecule has 92 valence electrons. The monoisotopic (exact) mass is 252 g/mol. The second-order valence-corrected chi connectivity index (χ2v) is 6.02. The maximum absolute atomic E-state index is 12.2. The number of sulfonamides is 1. The lowest BCUT2D eigenvalue weighted by Crippen LogP contribution is -2.28. The predicted octanol–water partition coefficient (Wildman–Crippen LogP) is 1.84. The van der Waals surface area contributed by atoms with Gasteiger partial charge in [0.25, 0.3) is 0 Å². The van der Waals surface area contributed by atoms with E-state index in [1.165, 1.54) is 11.4 Å². The van der Waals surface area contributed by atoms with Gasteiger partial charge in [0.1, 0.15) is 0 Å². The van der Waals surface area contributed by atoms with E-state index < -0.39 is 10.0 Å². The lowest BCUT2D eigenvalue weighted by atomic mass is 10.2. The van der Waals surface area contributed by atoms with Gasteiger partial charge in [-0.2, -0.15) is 9.57 Å². The van der Waals surface area contributed by atoms with E-state index in [1.807, 2.05) is 19.1 Å². The lowest BCUT2D eigenvalue weighted by Gasteiger charge is -2.17. The minimum atomic E-state index is -3.48. The number of aryl methyl sites for hydroxylation is 2. The van der Waals surface area contributed by atoms with Crippen LogP contribution in [0.3, 0.4) is 0 Å². The average Bonchev–Trinajstić information content (AvgIpc) is 2.28. The Morgan fingerprint density at radius 1 is 1.35 bits per heavy atom. The highest BCUT2D eigenvalue weighted by atomic mass is 32.2. The first-order chi connectivity index (χ1) is 7.89. The third-order valence-corrected chi connectivity index (χ3v) is 4.57. The molecule has 0 radical (unpaired) electrons. The maximum Gasteiger partial charge on any atom is 0.243 e. The molecule has 0 aliphatic rings. The standard InChI is InChI=1S/C12H16N2O2S/c1-10-5-6-11(2)12(9-10)17(15,16)14(3)8-4-7-13/h5-6,9H,4,8H2,1-3H3. The van der Waals surface area contributed by atoms with Crippen LogP contribution in [0.2, 0.25) is 0 Å². The van der Waals surface area contributed by atoms with Crippen molar-refractivity contribution in [3.8, 4) is 6.07 Å². The Bertz CT molecular complexity index is 544. The minimum absolute atomic E-state index is 0.195. The Morgan fingerprint density at radius 2 is 2.00 bits per heavy atom. The van der Waals surface area contributed by atoms with Crippen LogP contribution in [0.1, 0.15) is 17.5 Å². The molecule has 0 saturated heterocycles. The third-order valence-electron chi connectivity index (χ3n) is 2.57.